The molecule has 1 saturated carbocycles. The molecular formula is C12H21N3O2. The van der Waals surface area contributed by atoms with Crippen LogP contribution in [0.5, 0.6) is 0 Å². The van der Waals surface area contributed by atoms with Gasteiger partial charge in [-0.2, -0.15) is 0 Å². The van der Waals surface area contributed by atoms with Gasteiger partial charge in [0, 0.05) is 32.1 Å². The predicted molar refractivity (Wildman–Crippen MR) is 64.5 cm³/mol. The summed E-state index contributed by atoms with van der Waals surface area (Å²) in [4.78, 5) is 25.0. The Kier molecular flexibility index (Phi) is 3.86. The van der Waals surface area contributed by atoms with Crippen molar-refractivity contribution >= 4 is 11.9 Å². The van der Waals surface area contributed by atoms with Crippen LogP contribution in [0.15, 0.2) is 0 Å². The molecular weight excluding hydrogens is 218 g/mol. The number of hydrogen-bond donors (Lipinski definition) is 2. The molecule has 5 heteroatoms. The Morgan fingerprint density at radius 2 is 1.76 bits per heavy atom. The smallest absolute Gasteiger partial charge is 0.317 e. The van der Waals surface area contributed by atoms with Crippen LogP contribution in [0, 0.1) is 5.92 Å². The number of amides is 3. The standard InChI is InChI=1S/C12H21N3O2/c1-13-11(16)9-3-5-10(6-4-9)14-12(17)15-7-2-8-15/h9-10H,2-8H2,1H3,(H,13,16)(H,14,17). The van der Waals surface area contributed by atoms with Gasteiger partial charge in [-0.25, -0.2) is 4.79 Å². The highest BCUT2D eigenvalue weighted by molar-refractivity contribution is 5.78. The van der Waals surface area contributed by atoms with Gasteiger partial charge in [-0.3, -0.25) is 4.79 Å². The summed E-state index contributed by atoms with van der Waals surface area (Å²) < 4.78 is 0. The molecule has 0 bridgehead atoms. The summed E-state index contributed by atoms with van der Waals surface area (Å²) in [6, 6.07) is 0.323. The van der Waals surface area contributed by atoms with Gasteiger partial charge in [-0.1, -0.05) is 0 Å². The number of nitrogens with zero attached hydrogens (tertiary/aromatic N) is 1. The van der Waals surface area contributed by atoms with Crippen LogP contribution in [0.3, 0.4) is 0 Å². The minimum Gasteiger partial charge on any atom is -0.359 e. The van der Waals surface area contributed by atoms with E-state index in [2.05, 4.69) is 10.6 Å². The number of carbonyl (C=O) groups is 2. The predicted octanol–water partition coefficient (Wildman–Crippen LogP) is 0.706. The summed E-state index contributed by atoms with van der Waals surface area (Å²) >= 11 is 0. The number of rotatable bonds is 2. The van der Waals surface area contributed by atoms with Crippen molar-refractivity contribution in [3.05, 3.63) is 0 Å². The van der Waals surface area contributed by atoms with Crippen molar-refractivity contribution in [2.24, 2.45) is 5.92 Å². The fraction of sp³-hybridized carbons (Fsp3) is 0.833. The third-order valence-corrected chi connectivity index (χ3v) is 3.82. The summed E-state index contributed by atoms with van der Waals surface area (Å²) in [5.41, 5.74) is 0. The van der Waals surface area contributed by atoms with Gasteiger partial charge < -0.3 is 15.5 Å². The van der Waals surface area contributed by atoms with Gasteiger partial charge in [-0.15, -0.1) is 0 Å². The van der Waals surface area contributed by atoms with Crippen LogP contribution in [0.2, 0.25) is 0 Å². The van der Waals surface area contributed by atoms with E-state index < -0.39 is 0 Å². The number of likely N-dealkylation sites (tertiary alicyclic amines) is 1. The second-order valence-corrected chi connectivity index (χ2v) is 4.95. The average molecular weight is 239 g/mol. The number of carbonyl (C=O) groups excluding carboxylic acids is 2. The van der Waals surface area contributed by atoms with Crippen LogP contribution in [-0.2, 0) is 4.79 Å². The zero-order valence-electron chi connectivity index (χ0n) is 10.4. The van der Waals surface area contributed by atoms with Crippen LogP contribution in [0.1, 0.15) is 32.1 Å². The summed E-state index contributed by atoms with van der Waals surface area (Å²) in [6.45, 7) is 1.78. The molecule has 2 N–H and O–H groups in total. The van der Waals surface area contributed by atoms with Gasteiger partial charge in [0.05, 0.1) is 0 Å². The summed E-state index contributed by atoms with van der Waals surface area (Å²) in [5, 5.41) is 5.75. The quantitative estimate of drug-likeness (QED) is 0.745. The Morgan fingerprint density at radius 1 is 1.12 bits per heavy atom. The van der Waals surface area contributed by atoms with E-state index in [9.17, 15) is 9.59 Å². The fourth-order valence-corrected chi connectivity index (χ4v) is 2.49. The van der Waals surface area contributed by atoms with Crippen molar-refractivity contribution in [2.75, 3.05) is 20.1 Å². The molecule has 96 valence electrons. The van der Waals surface area contributed by atoms with Crippen LogP contribution in [0.4, 0.5) is 4.79 Å². The lowest BCUT2D eigenvalue weighted by Gasteiger charge is -2.34. The van der Waals surface area contributed by atoms with Gasteiger partial charge in [-0.05, 0) is 32.1 Å². The van der Waals surface area contributed by atoms with Gasteiger partial charge in [0.25, 0.3) is 0 Å². The number of nitrogens with one attached hydrogen (secondary N) is 2. The zero-order chi connectivity index (χ0) is 12.3. The molecule has 1 heterocycles. The second-order valence-electron chi connectivity index (χ2n) is 4.95. The van der Waals surface area contributed by atoms with E-state index in [-0.39, 0.29) is 23.9 Å². The minimum atomic E-state index is 0.0691. The van der Waals surface area contributed by atoms with Crippen molar-refractivity contribution < 1.29 is 9.59 Å². The third kappa shape index (κ3) is 2.90. The Labute approximate surface area is 102 Å². The normalized spacial score (nSPS) is 28.2. The highest BCUT2D eigenvalue weighted by atomic mass is 16.2. The molecule has 2 rings (SSSR count). The monoisotopic (exact) mass is 239 g/mol. The third-order valence-electron chi connectivity index (χ3n) is 3.82. The van der Waals surface area contributed by atoms with Crippen molar-refractivity contribution in [3.63, 3.8) is 0 Å². The molecule has 2 fully saturated rings. The van der Waals surface area contributed by atoms with Crippen molar-refractivity contribution in [2.45, 2.75) is 38.1 Å². The van der Waals surface area contributed by atoms with E-state index in [1.807, 2.05) is 4.90 Å². The van der Waals surface area contributed by atoms with Gasteiger partial charge in [0.15, 0.2) is 0 Å². The van der Waals surface area contributed by atoms with Gasteiger partial charge in [0.2, 0.25) is 5.91 Å². The number of urea groups is 1. The Morgan fingerprint density at radius 3 is 2.24 bits per heavy atom. The van der Waals surface area contributed by atoms with Crippen molar-refractivity contribution in [1.29, 1.82) is 0 Å². The summed E-state index contributed by atoms with van der Waals surface area (Å²) in [5.74, 6) is 0.273. The average Bonchev–Trinajstić information content (AvgIpc) is 2.26. The maximum Gasteiger partial charge on any atom is 0.317 e. The summed E-state index contributed by atoms with van der Waals surface area (Å²) in [6.07, 6.45) is 4.71. The fourth-order valence-electron chi connectivity index (χ4n) is 2.49. The Bertz CT molecular complexity index is 294. The lowest BCUT2D eigenvalue weighted by atomic mass is 9.85. The van der Waals surface area contributed by atoms with E-state index in [4.69, 9.17) is 0 Å². The molecule has 0 aromatic heterocycles. The first-order valence-electron chi connectivity index (χ1n) is 6.47. The topological polar surface area (TPSA) is 61.4 Å². The Hall–Kier alpha value is -1.26. The number of hydrogen-bond acceptors (Lipinski definition) is 2. The minimum absolute atomic E-state index is 0.0691. The second kappa shape index (κ2) is 5.38. The maximum absolute atomic E-state index is 11.7. The SMILES string of the molecule is CNC(=O)C1CCC(NC(=O)N2CCC2)CC1. The lowest BCUT2D eigenvalue weighted by Crippen LogP contribution is -2.51. The molecule has 17 heavy (non-hydrogen) atoms. The first kappa shape index (κ1) is 12.2. The first-order valence-corrected chi connectivity index (χ1v) is 6.47. The van der Waals surface area contributed by atoms with Crippen LogP contribution in [-0.4, -0.2) is 43.0 Å². The molecule has 1 aliphatic carbocycles. The van der Waals surface area contributed by atoms with Gasteiger partial charge >= 0.3 is 6.03 Å². The molecule has 2 aliphatic rings. The van der Waals surface area contributed by atoms with Crippen molar-refractivity contribution in [3.8, 4) is 0 Å². The molecule has 0 atom stereocenters. The molecule has 1 aliphatic heterocycles. The first-order chi connectivity index (χ1) is 8.20. The van der Waals surface area contributed by atoms with Crippen LogP contribution < -0.4 is 10.6 Å². The van der Waals surface area contributed by atoms with Crippen molar-refractivity contribution in [1.82, 2.24) is 15.5 Å². The van der Waals surface area contributed by atoms with Crippen LogP contribution in [0.25, 0.3) is 0 Å². The highest BCUT2D eigenvalue weighted by Gasteiger charge is 2.28. The highest BCUT2D eigenvalue weighted by Crippen LogP contribution is 2.24. The molecule has 0 unspecified atom stereocenters. The largest absolute Gasteiger partial charge is 0.359 e. The molecule has 0 radical (unpaired) electrons. The van der Waals surface area contributed by atoms with E-state index in [0.717, 1.165) is 45.2 Å². The molecule has 0 spiro atoms. The van der Waals surface area contributed by atoms with Gasteiger partial charge in [0.1, 0.15) is 0 Å². The van der Waals surface area contributed by atoms with E-state index >= 15 is 0 Å². The lowest BCUT2D eigenvalue weighted by molar-refractivity contribution is -0.125. The molecule has 1 saturated heterocycles. The molecule has 0 aromatic carbocycles. The molecule has 0 aromatic rings. The molecule has 3 amide bonds. The van der Waals surface area contributed by atoms with E-state index in [1.165, 1.54) is 0 Å². The van der Waals surface area contributed by atoms with E-state index in [0.29, 0.717) is 0 Å². The Balaban J connectivity index is 1.71. The van der Waals surface area contributed by atoms with E-state index in [1.54, 1.807) is 7.05 Å². The maximum atomic E-state index is 11.7. The van der Waals surface area contributed by atoms with Crippen LogP contribution >= 0.6 is 0 Å². The zero-order valence-corrected chi connectivity index (χ0v) is 10.4. The summed E-state index contributed by atoms with van der Waals surface area (Å²) in [7, 11) is 1.68. The molecule has 5 nitrogen and oxygen atoms in total.